The number of nitrogens with one attached hydrogen (secondary N) is 1. The smallest absolute Gasteiger partial charge is 0.290 e. The van der Waals surface area contributed by atoms with Gasteiger partial charge in [-0.2, -0.15) is 0 Å². The van der Waals surface area contributed by atoms with Crippen LogP contribution in [-0.2, 0) is 4.79 Å². The standard InChI is InChI=1S/C13H15FN2O2S/c1-2-3-8-16-12(17)11(19-13(16)18)15-10-6-4-9(14)5-7-10/h4-7,11,15H,2-3,8H2,1H3/t11-/m1/s1. The minimum Gasteiger partial charge on any atom is -0.365 e. The van der Waals surface area contributed by atoms with Crippen LogP contribution in [0, 0.1) is 5.82 Å². The molecule has 2 amide bonds. The lowest BCUT2D eigenvalue weighted by Gasteiger charge is -2.14. The number of amides is 2. The zero-order chi connectivity index (χ0) is 13.8. The largest absolute Gasteiger partial charge is 0.365 e. The summed E-state index contributed by atoms with van der Waals surface area (Å²) in [5.41, 5.74) is 0.623. The van der Waals surface area contributed by atoms with Gasteiger partial charge in [-0.1, -0.05) is 13.3 Å². The molecule has 102 valence electrons. The van der Waals surface area contributed by atoms with Crippen molar-refractivity contribution >= 4 is 28.6 Å². The van der Waals surface area contributed by atoms with Crippen LogP contribution in [-0.4, -0.2) is 28.0 Å². The maximum atomic E-state index is 12.8. The predicted octanol–water partition coefficient (Wildman–Crippen LogP) is 3.06. The summed E-state index contributed by atoms with van der Waals surface area (Å²) in [7, 11) is 0. The Morgan fingerprint density at radius 3 is 2.63 bits per heavy atom. The third kappa shape index (κ3) is 3.26. The van der Waals surface area contributed by atoms with Gasteiger partial charge in [0.2, 0.25) is 0 Å². The van der Waals surface area contributed by atoms with Crippen LogP contribution in [0.15, 0.2) is 24.3 Å². The molecule has 1 fully saturated rings. The molecule has 6 heteroatoms. The molecule has 1 atom stereocenters. The van der Waals surface area contributed by atoms with Crippen LogP contribution in [0.1, 0.15) is 19.8 Å². The molecule has 0 spiro atoms. The fourth-order valence-electron chi connectivity index (χ4n) is 1.75. The van der Waals surface area contributed by atoms with Crippen LogP contribution in [0.3, 0.4) is 0 Å². The average Bonchev–Trinajstić information content (AvgIpc) is 2.65. The van der Waals surface area contributed by atoms with Crippen molar-refractivity contribution in [2.45, 2.75) is 25.1 Å². The van der Waals surface area contributed by atoms with Gasteiger partial charge in [0.05, 0.1) is 0 Å². The van der Waals surface area contributed by atoms with Crippen molar-refractivity contribution in [3.63, 3.8) is 0 Å². The second-order valence-corrected chi connectivity index (χ2v) is 5.31. The number of carbonyl (C=O) groups excluding carboxylic acids is 2. The fourth-order valence-corrected chi connectivity index (χ4v) is 2.69. The van der Waals surface area contributed by atoms with Crippen molar-refractivity contribution in [2.75, 3.05) is 11.9 Å². The second kappa shape index (κ2) is 6.06. The van der Waals surface area contributed by atoms with Gasteiger partial charge >= 0.3 is 0 Å². The second-order valence-electron chi connectivity index (χ2n) is 4.26. The number of carbonyl (C=O) groups is 2. The summed E-state index contributed by atoms with van der Waals surface area (Å²) in [4.78, 5) is 25.0. The Hall–Kier alpha value is -1.56. The van der Waals surface area contributed by atoms with E-state index in [1.54, 1.807) is 12.1 Å². The SMILES string of the molecule is CCCCN1C(=O)S[C@@H](Nc2ccc(F)cc2)C1=O. The van der Waals surface area contributed by atoms with Crippen LogP contribution < -0.4 is 5.32 Å². The van der Waals surface area contributed by atoms with Crippen LogP contribution in [0.4, 0.5) is 14.9 Å². The molecule has 1 aromatic carbocycles. The Labute approximate surface area is 115 Å². The first kappa shape index (κ1) is 13.9. The Kier molecular flexibility index (Phi) is 4.42. The van der Waals surface area contributed by atoms with Gasteiger partial charge in [0.15, 0.2) is 5.37 Å². The van der Waals surface area contributed by atoms with Gasteiger partial charge in [0, 0.05) is 12.2 Å². The van der Waals surface area contributed by atoms with Gasteiger partial charge in [0.1, 0.15) is 5.82 Å². The Morgan fingerprint density at radius 1 is 1.32 bits per heavy atom. The monoisotopic (exact) mass is 282 g/mol. The zero-order valence-corrected chi connectivity index (χ0v) is 11.4. The Balaban J connectivity index is 2.00. The maximum absolute atomic E-state index is 12.8. The number of unbranched alkanes of at least 4 members (excludes halogenated alkanes) is 1. The van der Waals surface area contributed by atoms with Crippen molar-refractivity contribution < 1.29 is 14.0 Å². The number of halogens is 1. The third-order valence-corrected chi connectivity index (χ3v) is 3.78. The normalized spacial score (nSPS) is 19.1. The van der Waals surface area contributed by atoms with E-state index in [0.717, 1.165) is 24.6 Å². The van der Waals surface area contributed by atoms with Crippen molar-refractivity contribution in [3.8, 4) is 0 Å². The molecule has 1 N–H and O–H groups in total. The number of nitrogens with zero attached hydrogens (tertiary/aromatic N) is 1. The number of benzene rings is 1. The van der Waals surface area contributed by atoms with Gasteiger partial charge in [0.25, 0.3) is 11.1 Å². The number of hydrogen-bond donors (Lipinski definition) is 1. The molecular weight excluding hydrogens is 267 g/mol. The molecule has 0 aliphatic carbocycles. The van der Waals surface area contributed by atoms with Crippen LogP contribution in [0.2, 0.25) is 0 Å². The minimum atomic E-state index is -0.616. The topological polar surface area (TPSA) is 49.4 Å². The predicted molar refractivity (Wildman–Crippen MR) is 73.4 cm³/mol. The molecule has 19 heavy (non-hydrogen) atoms. The molecule has 0 bridgehead atoms. The number of imide groups is 1. The van der Waals surface area contributed by atoms with E-state index in [1.807, 2.05) is 6.92 Å². The number of thioether (sulfide) groups is 1. The number of hydrogen-bond acceptors (Lipinski definition) is 4. The summed E-state index contributed by atoms with van der Waals surface area (Å²) >= 11 is 0.964. The van der Waals surface area contributed by atoms with Crippen molar-refractivity contribution in [2.24, 2.45) is 0 Å². The number of anilines is 1. The van der Waals surface area contributed by atoms with Gasteiger partial charge in [-0.15, -0.1) is 0 Å². The minimum absolute atomic E-state index is 0.224. The molecule has 4 nitrogen and oxygen atoms in total. The average molecular weight is 282 g/mol. The molecule has 0 unspecified atom stereocenters. The Morgan fingerprint density at radius 2 is 2.00 bits per heavy atom. The fraction of sp³-hybridized carbons (Fsp3) is 0.385. The van der Waals surface area contributed by atoms with Gasteiger partial charge in [-0.05, 0) is 42.4 Å². The zero-order valence-electron chi connectivity index (χ0n) is 10.6. The number of rotatable bonds is 5. The molecule has 1 aromatic rings. The van der Waals surface area contributed by atoms with Crippen molar-refractivity contribution in [1.82, 2.24) is 4.90 Å². The lowest BCUT2D eigenvalue weighted by atomic mass is 10.3. The molecule has 0 radical (unpaired) electrons. The summed E-state index contributed by atoms with van der Waals surface area (Å²) in [5.74, 6) is -0.565. The highest BCUT2D eigenvalue weighted by Crippen LogP contribution is 2.28. The third-order valence-electron chi connectivity index (χ3n) is 2.81. The lowest BCUT2D eigenvalue weighted by Crippen LogP contribution is -2.35. The van der Waals surface area contributed by atoms with E-state index in [0.29, 0.717) is 12.2 Å². The highest BCUT2D eigenvalue weighted by atomic mass is 32.2. The van der Waals surface area contributed by atoms with E-state index in [2.05, 4.69) is 5.32 Å². The summed E-state index contributed by atoms with van der Waals surface area (Å²) in [5, 5.41) is 2.10. The van der Waals surface area contributed by atoms with E-state index < -0.39 is 5.37 Å². The molecule has 1 saturated heterocycles. The molecule has 0 saturated carbocycles. The molecule has 1 aliphatic heterocycles. The molecule has 1 heterocycles. The maximum Gasteiger partial charge on any atom is 0.290 e. The van der Waals surface area contributed by atoms with Crippen LogP contribution in [0.25, 0.3) is 0 Å². The summed E-state index contributed by atoms with van der Waals surface area (Å²) in [6, 6.07) is 5.71. The van der Waals surface area contributed by atoms with E-state index in [9.17, 15) is 14.0 Å². The van der Waals surface area contributed by atoms with E-state index in [1.165, 1.54) is 17.0 Å². The first-order valence-corrected chi connectivity index (χ1v) is 7.04. The molecular formula is C13H15FN2O2S. The first-order valence-electron chi connectivity index (χ1n) is 6.16. The summed E-state index contributed by atoms with van der Waals surface area (Å²) in [6.07, 6.45) is 1.74. The van der Waals surface area contributed by atoms with Gasteiger partial charge in [-0.25, -0.2) is 4.39 Å². The summed E-state index contributed by atoms with van der Waals surface area (Å²) in [6.45, 7) is 2.47. The van der Waals surface area contributed by atoms with E-state index >= 15 is 0 Å². The van der Waals surface area contributed by atoms with E-state index in [-0.39, 0.29) is 17.0 Å². The van der Waals surface area contributed by atoms with Crippen molar-refractivity contribution in [3.05, 3.63) is 30.1 Å². The first-order chi connectivity index (χ1) is 9.11. The highest BCUT2D eigenvalue weighted by Gasteiger charge is 2.39. The summed E-state index contributed by atoms with van der Waals surface area (Å²) < 4.78 is 12.8. The molecule has 1 aliphatic rings. The molecule has 0 aromatic heterocycles. The van der Waals surface area contributed by atoms with Crippen LogP contribution >= 0.6 is 11.8 Å². The Bertz CT molecular complexity index is 478. The van der Waals surface area contributed by atoms with Gasteiger partial charge < -0.3 is 5.32 Å². The lowest BCUT2D eigenvalue weighted by molar-refractivity contribution is -0.126. The van der Waals surface area contributed by atoms with Gasteiger partial charge in [-0.3, -0.25) is 14.5 Å². The van der Waals surface area contributed by atoms with Crippen molar-refractivity contribution in [1.29, 1.82) is 0 Å². The quantitative estimate of drug-likeness (QED) is 0.901. The molecule has 2 rings (SSSR count). The van der Waals surface area contributed by atoms with E-state index in [4.69, 9.17) is 0 Å². The van der Waals surface area contributed by atoms with Crippen LogP contribution in [0.5, 0.6) is 0 Å². The highest BCUT2D eigenvalue weighted by molar-refractivity contribution is 8.15.